The van der Waals surface area contributed by atoms with Crippen LogP contribution in [0.5, 0.6) is 5.75 Å². The Morgan fingerprint density at radius 1 is 0.838 bits per heavy atom. The molecule has 1 heterocycles. The molecule has 0 radical (unpaired) electrons. The van der Waals surface area contributed by atoms with Crippen LogP contribution in [0.2, 0.25) is 0 Å². The molecular weight excluding hydrogens is 460 g/mol. The Hall–Kier alpha value is -4.31. The molecule has 37 heavy (non-hydrogen) atoms. The van der Waals surface area contributed by atoms with E-state index in [1.807, 2.05) is 54.6 Å². The van der Waals surface area contributed by atoms with Crippen LogP contribution in [-0.2, 0) is 17.6 Å². The van der Waals surface area contributed by atoms with Crippen molar-refractivity contribution in [3.05, 3.63) is 126 Å². The number of benzene rings is 4. The molecule has 0 aliphatic heterocycles. The summed E-state index contributed by atoms with van der Waals surface area (Å²) in [4.78, 5) is 11.8. The van der Waals surface area contributed by atoms with Gasteiger partial charge in [0.2, 0.25) is 6.10 Å². The molecule has 0 saturated carbocycles. The van der Waals surface area contributed by atoms with Gasteiger partial charge in [-0.3, -0.25) is 0 Å². The highest BCUT2D eigenvalue weighted by atomic mass is 16.5. The predicted molar refractivity (Wildman–Crippen MR) is 147 cm³/mol. The second-order valence-corrected chi connectivity index (χ2v) is 9.25. The van der Waals surface area contributed by atoms with Crippen molar-refractivity contribution >= 4 is 16.9 Å². The number of rotatable bonds is 10. The van der Waals surface area contributed by atoms with Gasteiger partial charge in [0, 0.05) is 29.4 Å². The van der Waals surface area contributed by atoms with E-state index >= 15 is 0 Å². The molecular formula is C33H30O4. The zero-order valence-corrected chi connectivity index (χ0v) is 20.9. The number of fused-ring (bicyclic) bond motifs is 1. The Kier molecular flexibility index (Phi) is 7.36. The van der Waals surface area contributed by atoms with E-state index in [9.17, 15) is 9.90 Å². The first kappa shape index (κ1) is 24.4. The van der Waals surface area contributed by atoms with Crippen molar-refractivity contribution in [3.8, 4) is 16.9 Å². The maximum atomic E-state index is 11.8. The lowest BCUT2D eigenvalue weighted by Crippen LogP contribution is -2.18. The lowest BCUT2D eigenvalue weighted by Gasteiger charge is -2.15. The molecule has 186 valence electrons. The van der Waals surface area contributed by atoms with Gasteiger partial charge in [-0.2, -0.15) is 0 Å². The fourth-order valence-electron chi connectivity index (χ4n) is 4.65. The summed E-state index contributed by atoms with van der Waals surface area (Å²) in [5.41, 5.74) is 6.22. The van der Waals surface area contributed by atoms with Gasteiger partial charge in [-0.15, -0.1) is 0 Å². The molecule has 0 bridgehead atoms. The van der Waals surface area contributed by atoms with E-state index in [0.29, 0.717) is 11.3 Å². The molecule has 1 aromatic heterocycles. The highest BCUT2D eigenvalue weighted by Crippen LogP contribution is 2.31. The third-order valence-corrected chi connectivity index (χ3v) is 6.64. The van der Waals surface area contributed by atoms with Crippen molar-refractivity contribution in [3.63, 3.8) is 0 Å². The molecule has 0 amide bonds. The molecule has 1 atom stereocenters. The number of hydrogen-bond donors (Lipinski definition) is 1. The highest BCUT2D eigenvalue weighted by Gasteiger charge is 2.21. The number of carbonyl (C=O) groups is 1. The minimum Gasteiger partial charge on any atom is -0.478 e. The van der Waals surface area contributed by atoms with E-state index in [-0.39, 0.29) is 0 Å². The number of hydrogen-bond acceptors (Lipinski definition) is 3. The van der Waals surface area contributed by atoms with Gasteiger partial charge in [-0.1, -0.05) is 98.3 Å². The Morgan fingerprint density at radius 3 is 2.16 bits per heavy atom. The van der Waals surface area contributed by atoms with Gasteiger partial charge >= 0.3 is 5.97 Å². The Bertz CT molecular complexity index is 1470. The molecule has 5 rings (SSSR count). The van der Waals surface area contributed by atoms with Gasteiger partial charge in [0.25, 0.3) is 0 Å². The van der Waals surface area contributed by atoms with Gasteiger partial charge in [0.1, 0.15) is 17.1 Å². The van der Waals surface area contributed by atoms with E-state index in [2.05, 4.69) is 43.3 Å². The molecule has 4 aromatic carbocycles. The fraction of sp³-hybridized carbons (Fsp3) is 0.182. The number of unbranched alkanes of at least 4 members (excludes halogenated alkanes) is 1. The van der Waals surface area contributed by atoms with Gasteiger partial charge in [0.05, 0.1) is 0 Å². The normalized spacial score (nSPS) is 11.9. The van der Waals surface area contributed by atoms with E-state index in [1.54, 1.807) is 12.1 Å². The first-order valence-electron chi connectivity index (χ1n) is 12.8. The van der Waals surface area contributed by atoms with Gasteiger partial charge in [-0.25, -0.2) is 4.79 Å². The summed E-state index contributed by atoms with van der Waals surface area (Å²) in [6.07, 6.45) is 2.99. The summed E-state index contributed by atoms with van der Waals surface area (Å²) in [5, 5.41) is 10.8. The third-order valence-electron chi connectivity index (χ3n) is 6.64. The summed E-state index contributed by atoms with van der Waals surface area (Å²) >= 11 is 0. The van der Waals surface area contributed by atoms with Crippen LogP contribution >= 0.6 is 0 Å². The number of carboxylic acid groups (broad SMARTS) is 1. The Balaban J connectivity index is 1.31. The molecule has 4 nitrogen and oxygen atoms in total. The van der Waals surface area contributed by atoms with Crippen LogP contribution < -0.4 is 4.74 Å². The van der Waals surface area contributed by atoms with Gasteiger partial charge < -0.3 is 14.3 Å². The lowest BCUT2D eigenvalue weighted by atomic mass is 9.97. The molecule has 0 aliphatic carbocycles. The second-order valence-electron chi connectivity index (χ2n) is 9.25. The molecule has 0 aliphatic rings. The van der Waals surface area contributed by atoms with E-state index in [0.717, 1.165) is 48.2 Å². The predicted octanol–water partition coefficient (Wildman–Crippen LogP) is 8.24. The largest absolute Gasteiger partial charge is 0.478 e. The van der Waals surface area contributed by atoms with Gasteiger partial charge in [-0.05, 0) is 41.3 Å². The van der Waals surface area contributed by atoms with Crippen LogP contribution in [-0.4, -0.2) is 11.1 Å². The van der Waals surface area contributed by atoms with Crippen molar-refractivity contribution in [2.45, 2.75) is 38.7 Å². The smallest absolute Gasteiger partial charge is 0.349 e. The standard InChI is InChI=1S/C33H30O4/c1-2-3-12-31-29(28-11-7-8-13-30(28)37-31)22-23-14-16-24(17-15-23)25-18-20-27(21-19-25)36-32(33(34)35)26-9-5-4-6-10-26/h4-11,13-21,32H,2-3,12,22H2,1H3,(H,34,35). The minimum atomic E-state index is -1.05. The fourth-order valence-corrected chi connectivity index (χ4v) is 4.65. The Labute approximate surface area is 217 Å². The van der Waals surface area contributed by atoms with E-state index < -0.39 is 12.1 Å². The Morgan fingerprint density at radius 2 is 1.49 bits per heavy atom. The molecule has 0 saturated heterocycles. The molecule has 0 spiro atoms. The molecule has 4 heteroatoms. The number of aliphatic carboxylic acids is 1. The summed E-state index contributed by atoms with van der Waals surface area (Å²) in [6, 6.07) is 33.4. The highest BCUT2D eigenvalue weighted by molar-refractivity contribution is 5.82. The monoisotopic (exact) mass is 490 g/mol. The van der Waals surface area contributed by atoms with Crippen LogP contribution in [0.1, 0.15) is 48.3 Å². The van der Waals surface area contributed by atoms with Crippen LogP contribution in [0.3, 0.4) is 0 Å². The average molecular weight is 491 g/mol. The van der Waals surface area contributed by atoms with Crippen molar-refractivity contribution in [2.24, 2.45) is 0 Å². The number of aryl methyl sites for hydroxylation is 1. The summed E-state index contributed by atoms with van der Waals surface area (Å²) in [7, 11) is 0. The summed E-state index contributed by atoms with van der Waals surface area (Å²) in [6.45, 7) is 2.20. The number of para-hydroxylation sites is 1. The maximum absolute atomic E-state index is 11.8. The molecule has 1 unspecified atom stereocenters. The number of carboxylic acids is 1. The average Bonchev–Trinajstić information content (AvgIpc) is 3.28. The summed E-state index contributed by atoms with van der Waals surface area (Å²) in [5.74, 6) is 0.593. The topological polar surface area (TPSA) is 59.7 Å². The SMILES string of the molecule is CCCCc1oc2ccccc2c1Cc1ccc(-c2ccc(OC(C(=O)O)c3ccccc3)cc2)cc1. The van der Waals surface area contributed by atoms with Crippen LogP contribution in [0.25, 0.3) is 22.1 Å². The molecule has 5 aromatic rings. The maximum Gasteiger partial charge on any atom is 0.349 e. The van der Waals surface area contributed by atoms with E-state index in [4.69, 9.17) is 9.15 Å². The van der Waals surface area contributed by atoms with Gasteiger partial charge in [0.15, 0.2) is 0 Å². The molecule has 0 fully saturated rings. The first-order chi connectivity index (χ1) is 18.1. The van der Waals surface area contributed by atoms with Crippen molar-refractivity contribution in [1.29, 1.82) is 0 Å². The first-order valence-corrected chi connectivity index (χ1v) is 12.8. The minimum absolute atomic E-state index is 0.517. The zero-order chi connectivity index (χ0) is 25.6. The number of ether oxygens (including phenoxy) is 1. The second kappa shape index (κ2) is 11.2. The van der Waals surface area contributed by atoms with Crippen LogP contribution in [0.15, 0.2) is 108 Å². The molecule has 1 N–H and O–H groups in total. The van der Waals surface area contributed by atoms with Crippen LogP contribution in [0, 0.1) is 0 Å². The lowest BCUT2D eigenvalue weighted by molar-refractivity contribution is -0.145. The third kappa shape index (κ3) is 5.59. The summed E-state index contributed by atoms with van der Waals surface area (Å²) < 4.78 is 12.0. The van der Waals surface area contributed by atoms with Crippen LogP contribution in [0.4, 0.5) is 0 Å². The van der Waals surface area contributed by atoms with E-state index in [1.165, 1.54) is 16.5 Å². The van der Waals surface area contributed by atoms with Crippen molar-refractivity contribution in [2.75, 3.05) is 0 Å². The van der Waals surface area contributed by atoms with Crippen molar-refractivity contribution in [1.82, 2.24) is 0 Å². The quantitative estimate of drug-likeness (QED) is 0.214. The number of furan rings is 1. The van der Waals surface area contributed by atoms with Crippen molar-refractivity contribution < 1.29 is 19.1 Å². The zero-order valence-electron chi connectivity index (χ0n) is 20.9.